The van der Waals surface area contributed by atoms with Crippen LogP contribution in [0.2, 0.25) is 0 Å². The van der Waals surface area contributed by atoms with Gasteiger partial charge in [-0.2, -0.15) is 0 Å². The Labute approximate surface area is 290 Å². The first-order valence-electron chi connectivity index (χ1n) is 14.1. The van der Waals surface area contributed by atoms with Crippen LogP contribution >= 0.6 is 0 Å². The van der Waals surface area contributed by atoms with Crippen molar-refractivity contribution in [2.24, 2.45) is 0 Å². The first kappa shape index (κ1) is 47.9. The van der Waals surface area contributed by atoms with Crippen LogP contribution in [0.15, 0.2) is 103 Å². The van der Waals surface area contributed by atoms with Crippen LogP contribution in [0.25, 0.3) is 5.32 Å². The topological polar surface area (TPSA) is 48.2 Å². The normalized spacial score (nSPS) is 10.7. The number of amides is 1. The Morgan fingerprint density at radius 1 is 0.825 bits per heavy atom. The second kappa shape index (κ2) is 37.2. The van der Waals surface area contributed by atoms with Crippen molar-refractivity contribution in [2.75, 3.05) is 0 Å². The Balaban J connectivity index is -0.000000294. The van der Waals surface area contributed by atoms with Crippen LogP contribution in [-0.2, 0) is 9.59 Å². The molecule has 0 aromatic heterocycles. The molecule has 0 saturated heterocycles. The number of carbonyl (C=O) groups is 2. The van der Waals surface area contributed by atoms with Crippen LogP contribution in [-0.4, -0.2) is 12.7 Å². The summed E-state index contributed by atoms with van der Waals surface area (Å²) in [6.45, 7) is 29.7. The van der Waals surface area contributed by atoms with Crippen LogP contribution in [0.3, 0.4) is 0 Å². The Hall–Kier alpha value is -1.82. The molecule has 218 valence electrons. The molecule has 0 heterocycles. The summed E-state index contributed by atoms with van der Waals surface area (Å²) in [4.78, 5) is 21.0. The van der Waals surface area contributed by atoms with Gasteiger partial charge in [0.2, 0.25) is 0 Å². The molecule has 40 heavy (non-hydrogen) atoms. The van der Waals surface area contributed by atoms with Crippen molar-refractivity contribution in [1.82, 2.24) is 0 Å². The predicted octanol–water partition coefficient (Wildman–Crippen LogP) is 8.60. The van der Waals surface area contributed by atoms with Crippen LogP contribution in [0.5, 0.6) is 0 Å². The third-order valence-corrected chi connectivity index (χ3v) is 4.51. The van der Waals surface area contributed by atoms with Crippen molar-refractivity contribution in [3.05, 3.63) is 119 Å². The SMILES string of the molecule is C=C/C=C(\C=C/CC)C(/C=C(\C=C\CC)C(=O)[N-]c1c(C)cccc1C)=C/C.C=CCC.C=O.CC.CCC.[K+]. The van der Waals surface area contributed by atoms with E-state index in [2.05, 4.69) is 58.3 Å². The zero-order chi connectivity index (χ0) is 31.1. The number of benzene rings is 1. The van der Waals surface area contributed by atoms with E-state index in [0.717, 1.165) is 47.2 Å². The first-order chi connectivity index (χ1) is 18.8. The summed E-state index contributed by atoms with van der Waals surface area (Å²) >= 11 is 0. The Bertz CT molecular complexity index is 914. The van der Waals surface area contributed by atoms with Crippen LogP contribution in [0.1, 0.15) is 92.2 Å². The second-order valence-corrected chi connectivity index (χ2v) is 7.88. The average Bonchev–Trinajstić information content (AvgIpc) is 2.96. The molecule has 0 saturated carbocycles. The van der Waals surface area contributed by atoms with Crippen molar-refractivity contribution >= 4 is 18.4 Å². The summed E-state index contributed by atoms with van der Waals surface area (Å²) in [6, 6.07) is 5.93. The molecule has 3 nitrogen and oxygen atoms in total. The fourth-order valence-corrected chi connectivity index (χ4v) is 2.69. The zero-order valence-corrected chi connectivity index (χ0v) is 30.8. The van der Waals surface area contributed by atoms with Crippen molar-refractivity contribution in [1.29, 1.82) is 0 Å². The van der Waals surface area contributed by atoms with E-state index < -0.39 is 0 Å². The molecular formula is C36H56KNO2. The molecule has 0 aliphatic rings. The van der Waals surface area contributed by atoms with Crippen molar-refractivity contribution in [2.45, 2.75) is 94.9 Å². The molecule has 0 bridgehead atoms. The van der Waals surface area contributed by atoms with Gasteiger partial charge in [-0.3, -0.25) is 0 Å². The molecule has 0 atom stereocenters. The van der Waals surface area contributed by atoms with Crippen LogP contribution in [0, 0.1) is 13.8 Å². The Kier molecular flexibility index (Phi) is 44.6. The molecule has 4 heteroatoms. The minimum absolute atomic E-state index is 0. The average molecular weight is 574 g/mol. The number of hydrogen-bond acceptors (Lipinski definition) is 2. The molecule has 1 rings (SSSR count). The third-order valence-electron chi connectivity index (χ3n) is 4.51. The summed E-state index contributed by atoms with van der Waals surface area (Å²) in [5, 5.41) is 4.42. The summed E-state index contributed by atoms with van der Waals surface area (Å²) < 4.78 is 0. The van der Waals surface area contributed by atoms with Crippen LogP contribution < -0.4 is 51.4 Å². The van der Waals surface area contributed by atoms with Gasteiger partial charge in [-0.25, -0.2) is 0 Å². The maximum atomic E-state index is 13.0. The van der Waals surface area contributed by atoms with Gasteiger partial charge in [-0.1, -0.05) is 139 Å². The number of aryl methyl sites for hydroxylation is 2. The second-order valence-electron chi connectivity index (χ2n) is 7.88. The predicted molar refractivity (Wildman–Crippen MR) is 178 cm³/mol. The molecule has 0 N–H and O–H groups in total. The summed E-state index contributed by atoms with van der Waals surface area (Å²) in [5.74, 6) is -0.237. The molecule has 1 aromatic carbocycles. The maximum absolute atomic E-state index is 13.0. The van der Waals surface area contributed by atoms with E-state index in [0.29, 0.717) is 5.57 Å². The minimum Gasteiger partial charge on any atom is -0.622 e. The monoisotopic (exact) mass is 573 g/mol. The van der Waals surface area contributed by atoms with E-state index in [-0.39, 0.29) is 57.3 Å². The van der Waals surface area contributed by atoms with E-state index >= 15 is 0 Å². The standard InChI is InChI=1S/C26H33NO.C4H8.C3H8.C2H6.CH2O.K/c1-7-11-17-23(14-9-3)22(10-4)19-24(18-12-8-2)26(28)27-25-20(5)15-13-16-21(25)6;1-3-4-2;1-3-2;2*1-2;/h9-19H,3,7-8H2,1-2,4-6H3,(H,27,28);3H,1,4H2,2H3;3H2,1-2H3;1-2H3;1H2;/q;;;;;+1/p-1/b17-11-,18-12+,22-10+,23-14+,24-19+;;;;;. The molecule has 0 unspecified atom stereocenters. The fourth-order valence-electron chi connectivity index (χ4n) is 2.69. The quantitative estimate of drug-likeness (QED) is 0.122. The maximum Gasteiger partial charge on any atom is 1.00 e. The molecular weight excluding hydrogens is 517 g/mol. The van der Waals surface area contributed by atoms with Gasteiger partial charge < -0.3 is 14.9 Å². The molecule has 0 fully saturated rings. The molecule has 0 aliphatic heterocycles. The van der Waals surface area contributed by atoms with E-state index in [4.69, 9.17) is 4.79 Å². The van der Waals surface area contributed by atoms with E-state index in [9.17, 15) is 4.79 Å². The van der Waals surface area contributed by atoms with Gasteiger partial charge in [0, 0.05) is 0 Å². The Morgan fingerprint density at radius 2 is 1.25 bits per heavy atom. The minimum atomic E-state index is -0.237. The number of nitrogens with zero attached hydrogens (tertiary/aromatic N) is 1. The number of hydrogen-bond donors (Lipinski definition) is 0. The summed E-state index contributed by atoms with van der Waals surface area (Å²) in [7, 11) is 0. The number of para-hydroxylation sites is 1. The zero-order valence-electron chi connectivity index (χ0n) is 27.6. The van der Waals surface area contributed by atoms with Gasteiger partial charge in [0.1, 0.15) is 6.79 Å². The molecule has 0 aliphatic carbocycles. The van der Waals surface area contributed by atoms with Gasteiger partial charge in [-0.15, -0.1) is 12.3 Å². The van der Waals surface area contributed by atoms with Crippen molar-refractivity contribution < 1.29 is 61.0 Å². The summed E-state index contributed by atoms with van der Waals surface area (Å²) in [6.07, 6.45) is 21.6. The largest absolute Gasteiger partial charge is 1.00 e. The molecule has 0 spiro atoms. The van der Waals surface area contributed by atoms with Gasteiger partial charge in [0.15, 0.2) is 0 Å². The molecule has 1 aromatic rings. The van der Waals surface area contributed by atoms with Gasteiger partial charge >= 0.3 is 51.4 Å². The van der Waals surface area contributed by atoms with Crippen molar-refractivity contribution in [3.8, 4) is 0 Å². The smallest absolute Gasteiger partial charge is 0.622 e. The Morgan fingerprint density at radius 3 is 1.60 bits per heavy atom. The molecule has 1 amide bonds. The summed E-state index contributed by atoms with van der Waals surface area (Å²) in [5.41, 5.74) is 5.29. The number of rotatable bonds is 10. The third kappa shape index (κ3) is 25.2. The first-order valence-corrected chi connectivity index (χ1v) is 14.1. The van der Waals surface area contributed by atoms with Crippen molar-refractivity contribution in [3.63, 3.8) is 0 Å². The molecule has 0 radical (unpaired) electrons. The number of carbonyl (C=O) groups excluding carboxylic acids is 2. The van der Waals surface area contributed by atoms with Gasteiger partial charge in [0.05, 0.1) is 5.91 Å². The fraction of sp³-hybridized carbons (Fsp3) is 0.389. The van der Waals surface area contributed by atoms with E-state index in [1.54, 1.807) is 6.08 Å². The number of allylic oxidation sites excluding steroid dienone is 10. The van der Waals surface area contributed by atoms with Gasteiger partial charge in [0.25, 0.3) is 0 Å². The van der Waals surface area contributed by atoms with E-state index in [1.165, 1.54) is 6.42 Å². The van der Waals surface area contributed by atoms with Gasteiger partial charge in [-0.05, 0) is 62.8 Å². The van der Waals surface area contributed by atoms with Crippen LogP contribution in [0.4, 0.5) is 5.69 Å². The van der Waals surface area contributed by atoms with E-state index in [1.807, 2.05) is 103 Å².